The number of nitrogens with one attached hydrogen (secondary N) is 3. The normalized spacial score (nSPS) is 17.9. The molecule has 1 amide bonds. The Balaban J connectivity index is 1.94. The summed E-state index contributed by atoms with van der Waals surface area (Å²) in [6, 6.07) is 3.89. The molecule has 1 heterocycles. The van der Waals surface area contributed by atoms with Gasteiger partial charge in [0, 0.05) is 23.1 Å². The summed E-state index contributed by atoms with van der Waals surface area (Å²) in [7, 11) is 0. The second-order valence-corrected chi connectivity index (χ2v) is 7.66. The van der Waals surface area contributed by atoms with Gasteiger partial charge in [-0.15, -0.1) is 0 Å². The van der Waals surface area contributed by atoms with Gasteiger partial charge in [-0.3, -0.25) is 15.1 Å². The number of nitrogens with two attached hydrogens (primary N) is 1. The standard InChI is InChI=1S/C18H25Cl2N5O3/c19-12-7-11(8-13(20)9-12)10-25-6-2-4-15(25)16(26)24-14(17(27)28)3-1-5-23-18(21)22/h7-9,14-15H,1-6,10H2,(H,24,26)(H,27,28)(H4,21,22,23). The highest BCUT2D eigenvalue weighted by Crippen LogP contribution is 2.24. The molecule has 10 heteroatoms. The van der Waals surface area contributed by atoms with Crippen molar-refractivity contribution in [1.82, 2.24) is 15.5 Å². The van der Waals surface area contributed by atoms with Crippen LogP contribution in [0.3, 0.4) is 0 Å². The number of carbonyl (C=O) groups is 2. The zero-order valence-corrected chi connectivity index (χ0v) is 16.9. The number of carboxylic acids is 1. The first-order valence-corrected chi connectivity index (χ1v) is 9.82. The number of guanidine groups is 1. The van der Waals surface area contributed by atoms with Gasteiger partial charge < -0.3 is 21.5 Å². The van der Waals surface area contributed by atoms with Crippen LogP contribution in [-0.4, -0.2) is 53.0 Å². The fraction of sp³-hybridized carbons (Fsp3) is 0.500. The zero-order valence-electron chi connectivity index (χ0n) is 15.4. The highest BCUT2D eigenvalue weighted by atomic mass is 35.5. The molecule has 0 saturated carbocycles. The van der Waals surface area contributed by atoms with Gasteiger partial charge >= 0.3 is 5.97 Å². The molecule has 1 aromatic carbocycles. The Morgan fingerprint density at radius 3 is 2.61 bits per heavy atom. The molecule has 2 rings (SSSR count). The van der Waals surface area contributed by atoms with E-state index in [-0.39, 0.29) is 18.3 Å². The van der Waals surface area contributed by atoms with Crippen LogP contribution in [0.1, 0.15) is 31.2 Å². The molecule has 1 aromatic rings. The van der Waals surface area contributed by atoms with Gasteiger partial charge in [-0.05, 0) is 56.0 Å². The zero-order chi connectivity index (χ0) is 20.7. The molecule has 28 heavy (non-hydrogen) atoms. The highest BCUT2D eigenvalue weighted by molar-refractivity contribution is 6.34. The van der Waals surface area contributed by atoms with Crippen molar-refractivity contribution in [2.24, 2.45) is 5.73 Å². The molecule has 0 bridgehead atoms. The number of aliphatic carboxylic acids is 1. The Labute approximate surface area is 173 Å². The quantitative estimate of drug-likeness (QED) is 0.231. The van der Waals surface area contributed by atoms with Crippen molar-refractivity contribution in [3.05, 3.63) is 33.8 Å². The lowest BCUT2D eigenvalue weighted by Gasteiger charge is -2.25. The Kier molecular flexibility index (Phi) is 8.35. The SMILES string of the molecule is N=C(N)NCCCC(NC(=O)C1CCCN1Cc1cc(Cl)cc(Cl)c1)C(=O)O. The molecule has 1 saturated heterocycles. The summed E-state index contributed by atoms with van der Waals surface area (Å²) in [5.74, 6) is -1.54. The van der Waals surface area contributed by atoms with Crippen LogP contribution in [0.4, 0.5) is 0 Å². The number of halogens is 2. The van der Waals surface area contributed by atoms with E-state index in [0.29, 0.717) is 36.0 Å². The maximum absolute atomic E-state index is 12.7. The Hall–Kier alpha value is -2.03. The van der Waals surface area contributed by atoms with Gasteiger partial charge in [0.1, 0.15) is 6.04 Å². The van der Waals surface area contributed by atoms with Gasteiger partial charge in [0.15, 0.2) is 5.96 Å². The van der Waals surface area contributed by atoms with E-state index >= 15 is 0 Å². The molecule has 2 atom stereocenters. The van der Waals surface area contributed by atoms with Gasteiger partial charge in [-0.2, -0.15) is 0 Å². The molecular weight excluding hydrogens is 405 g/mol. The smallest absolute Gasteiger partial charge is 0.326 e. The van der Waals surface area contributed by atoms with E-state index < -0.39 is 18.1 Å². The third-order valence-corrected chi connectivity index (χ3v) is 5.01. The van der Waals surface area contributed by atoms with E-state index in [1.807, 2.05) is 17.0 Å². The van der Waals surface area contributed by atoms with E-state index in [1.165, 1.54) is 0 Å². The second kappa shape index (κ2) is 10.5. The minimum Gasteiger partial charge on any atom is -0.480 e. The maximum atomic E-state index is 12.7. The molecule has 1 aliphatic rings. The first kappa shape index (κ1) is 22.3. The number of nitrogens with zero attached hydrogens (tertiary/aromatic N) is 1. The molecular formula is C18H25Cl2N5O3. The van der Waals surface area contributed by atoms with Crippen LogP contribution in [0, 0.1) is 5.41 Å². The summed E-state index contributed by atoms with van der Waals surface area (Å²) in [4.78, 5) is 26.2. The monoisotopic (exact) mass is 429 g/mol. The maximum Gasteiger partial charge on any atom is 0.326 e. The summed E-state index contributed by atoms with van der Waals surface area (Å²) < 4.78 is 0. The molecule has 0 aliphatic carbocycles. The van der Waals surface area contributed by atoms with Crippen LogP contribution < -0.4 is 16.4 Å². The van der Waals surface area contributed by atoms with Gasteiger partial charge in [0.05, 0.1) is 6.04 Å². The lowest BCUT2D eigenvalue weighted by Crippen LogP contribution is -2.49. The molecule has 154 valence electrons. The number of carboxylic acid groups (broad SMARTS) is 1. The molecule has 6 N–H and O–H groups in total. The van der Waals surface area contributed by atoms with Crippen molar-refractivity contribution in [3.63, 3.8) is 0 Å². The predicted octanol–water partition coefficient (Wildman–Crippen LogP) is 1.79. The first-order valence-electron chi connectivity index (χ1n) is 9.06. The molecule has 2 unspecified atom stereocenters. The number of hydrogen-bond donors (Lipinski definition) is 5. The summed E-state index contributed by atoms with van der Waals surface area (Å²) in [5.41, 5.74) is 6.10. The van der Waals surface area contributed by atoms with Crippen molar-refractivity contribution in [3.8, 4) is 0 Å². The van der Waals surface area contributed by atoms with Crippen LogP contribution >= 0.6 is 23.2 Å². The van der Waals surface area contributed by atoms with Crippen molar-refractivity contribution in [2.45, 2.75) is 44.3 Å². The van der Waals surface area contributed by atoms with Crippen LogP contribution in [0.5, 0.6) is 0 Å². The molecule has 0 radical (unpaired) electrons. The van der Waals surface area contributed by atoms with Gasteiger partial charge in [-0.25, -0.2) is 4.79 Å². The summed E-state index contributed by atoms with van der Waals surface area (Å²) in [6.07, 6.45) is 2.23. The summed E-state index contributed by atoms with van der Waals surface area (Å²) in [6.45, 7) is 1.63. The highest BCUT2D eigenvalue weighted by Gasteiger charge is 2.33. The van der Waals surface area contributed by atoms with Crippen LogP contribution in [0.25, 0.3) is 0 Å². The number of benzene rings is 1. The summed E-state index contributed by atoms with van der Waals surface area (Å²) >= 11 is 12.1. The minimum atomic E-state index is -1.08. The average Bonchev–Trinajstić information content (AvgIpc) is 3.04. The largest absolute Gasteiger partial charge is 0.480 e. The topological polar surface area (TPSA) is 132 Å². The third-order valence-electron chi connectivity index (χ3n) is 4.57. The second-order valence-electron chi connectivity index (χ2n) is 6.79. The molecule has 1 fully saturated rings. The summed E-state index contributed by atoms with van der Waals surface area (Å²) in [5, 5.41) is 22.8. The molecule has 1 aliphatic heterocycles. The minimum absolute atomic E-state index is 0.168. The third kappa shape index (κ3) is 6.85. The average molecular weight is 430 g/mol. The van der Waals surface area contributed by atoms with Crippen molar-refractivity contribution in [1.29, 1.82) is 5.41 Å². The van der Waals surface area contributed by atoms with Gasteiger partial charge in [0.2, 0.25) is 5.91 Å². The lowest BCUT2D eigenvalue weighted by molar-refractivity contribution is -0.142. The van der Waals surface area contributed by atoms with E-state index in [1.54, 1.807) is 6.07 Å². The Morgan fingerprint density at radius 1 is 1.32 bits per heavy atom. The number of carbonyl (C=O) groups excluding carboxylic acids is 1. The van der Waals surface area contributed by atoms with Crippen molar-refractivity contribution < 1.29 is 14.7 Å². The fourth-order valence-electron chi connectivity index (χ4n) is 3.30. The Bertz CT molecular complexity index is 711. The van der Waals surface area contributed by atoms with Crippen LogP contribution in [0.2, 0.25) is 10.0 Å². The number of hydrogen-bond acceptors (Lipinski definition) is 4. The first-order chi connectivity index (χ1) is 13.3. The molecule has 0 spiro atoms. The number of likely N-dealkylation sites (tertiary alicyclic amines) is 1. The number of amides is 1. The van der Waals surface area contributed by atoms with Gasteiger partial charge in [-0.1, -0.05) is 23.2 Å². The van der Waals surface area contributed by atoms with Gasteiger partial charge in [0.25, 0.3) is 0 Å². The van der Waals surface area contributed by atoms with Crippen LogP contribution in [-0.2, 0) is 16.1 Å². The molecule has 0 aromatic heterocycles. The van der Waals surface area contributed by atoms with E-state index in [9.17, 15) is 14.7 Å². The van der Waals surface area contributed by atoms with Crippen molar-refractivity contribution >= 4 is 41.0 Å². The van der Waals surface area contributed by atoms with E-state index in [0.717, 1.165) is 18.5 Å². The van der Waals surface area contributed by atoms with E-state index in [4.69, 9.17) is 34.3 Å². The van der Waals surface area contributed by atoms with E-state index in [2.05, 4.69) is 10.6 Å². The molecule has 8 nitrogen and oxygen atoms in total. The predicted molar refractivity (Wildman–Crippen MR) is 109 cm³/mol. The Morgan fingerprint density at radius 2 is 2.00 bits per heavy atom. The fourth-order valence-corrected chi connectivity index (χ4v) is 3.87. The number of rotatable bonds is 9. The van der Waals surface area contributed by atoms with Crippen LogP contribution in [0.15, 0.2) is 18.2 Å². The van der Waals surface area contributed by atoms with Crippen molar-refractivity contribution in [2.75, 3.05) is 13.1 Å². The lowest BCUT2D eigenvalue weighted by atomic mass is 10.1.